The highest BCUT2D eigenvalue weighted by Gasteiger charge is 2.63. The van der Waals surface area contributed by atoms with Crippen molar-refractivity contribution < 1.29 is 286 Å². The predicted octanol–water partition coefficient (Wildman–Crippen LogP) is -25.3. The molecule has 11 aliphatic heterocycles. The average Bonchev–Trinajstić information content (AvgIpc) is 0.760. The molecule has 0 saturated carbocycles. The Labute approximate surface area is 797 Å². The SMILES string of the molecule is CC(=O)N[C@H]1[C@H](O[C@H]2[C@@H](O)[C@@H](CO)O[C@@H](O[C@H]3[C@H](O)[C@@H](NC(C)=O)[C@H](O[C@H]4[C@@H](O)[C@@H](CO[C@@H]5O[C@H](CO)[C@@H](O[C@@H]6O[C@H](CO)[C@H](O)[C@H](O[C@H]7O[C@H](CO)[C@H](O)[C@H](O)[C@H]7O)[C@H]6O)[C@H](O)[C@H]5NC(C)=O)O[C@@H](O[C@H]5[C@H](O)[C@@H](NC(C)=O)[C@H](O[C@H]6[C@@H](O)[C@@H](CO)O[C@@H](O[C@H]7[C@H](O)[C@@H](O)[C@H](OC[C@@H](CO)NC=O)O[C@@H]7CO)[C@@H]6O)O[C@@H]5CO)[C@@H]4O)O[C@@H]3CO)[C@@H]2O)O[C@H](CO)[C@@H](O[C@@H]2O[C@H](CO)[C@H](O)[C@H](O)[C@H]2O)[C@@H]1O. The maximum Gasteiger partial charge on any atom is 0.217 e. The first-order valence-corrected chi connectivity index (χ1v) is 44.9. The summed E-state index contributed by atoms with van der Waals surface area (Å²) in [6.45, 7) is -10.1. The Morgan fingerprint density at radius 2 is 0.447 bits per heavy atom. The number of hydrogen-bond acceptors (Lipinski definition) is 58. The summed E-state index contributed by atoms with van der Waals surface area (Å²) in [5.74, 6) is -4.03. The molecule has 11 aliphatic rings. The molecule has 816 valence electrons. The van der Waals surface area contributed by atoms with Crippen molar-refractivity contribution in [3.05, 3.63) is 0 Å². The van der Waals surface area contributed by atoms with Crippen molar-refractivity contribution >= 4 is 30.0 Å². The van der Waals surface area contributed by atoms with E-state index < -0.39 is 453 Å². The van der Waals surface area contributed by atoms with E-state index in [-0.39, 0.29) is 6.41 Å². The van der Waals surface area contributed by atoms with Gasteiger partial charge in [0, 0.05) is 27.7 Å². The van der Waals surface area contributed by atoms with Crippen molar-refractivity contribution in [3.63, 3.8) is 0 Å². The molecule has 0 aromatic rings. The van der Waals surface area contributed by atoms with Gasteiger partial charge in [0.05, 0.1) is 91.9 Å². The van der Waals surface area contributed by atoms with E-state index in [1.165, 1.54) is 0 Å². The minimum Gasteiger partial charge on any atom is -0.394 e. The molecular formula is C78H131N5O58. The van der Waals surface area contributed by atoms with Crippen molar-refractivity contribution in [1.29, 1.82) is 0 Å². The molecule has 0 spiro atoms. The number of carbonyl (C=O) groups excluding carboxylic acids is 5. The van der Waals surface area contributed by atoms with E-state index >= 15 is 0 Å². The fourth-order valence-electron chi connectivity index (χ4n) is 18.0. The standard InChI is InChI=1S/C78H131N5O58/c1-19(96)80-35-45(106)59(134-76-57(118)66(43(104)28(10-89)125-76)141-74-53(114)50(111)40(101)25(7-86)123-74)29(11-90)127-68(35)121-17-34-44(105)67(58(119)78(132-34)136-62-32(14-93)129-70(37(48(62)109)82-21(3)98)139-65-42(103)27(9-88)126-77(56(65)117)137-63-33(15-94)131-72(54(115)51(63)112)120-16-23(5-84)79-18-95)140-71-38(83-22(4)99)47(108)61(31(13-92)130-71)135-75-55(116)64(41(102)26(8-87)124-75)138-69-36(81-20(2)97)46(107)60(30(12-91)128-69)133-73-52(113)49(110)39(100)24(6-85)122-73/h18,23-78,84-94,100-119H,5-17H2,1-4H3,(H,79,95)(H,80,96)(H,81,97)(H,82,98)(H,83,99)/t23-,24-,25-,26-,27-,28-,29-,30-,31-,32-,33-,34-,35-,36-,37-,38-,39+,40+,41+,42+,43+,44+,45-,46-,47-,48-,49+,50+,51-,52-,53-,54-,55-,56-,57-,58-,59-,60-,61-,62-,63-,64+,65+,66+,67+,68-,69+,70+,71+,72-,73+,74-,75+,76+,77+,78+/m1/s1. The number of hydrogen-bond donors (Lipinski definition) is 36. The molecule has 11 saturated heterocycles. The lowest BCUT2D eigenvalue weighted by molar-refractivity contribution is -0.392. The molecule has 141 heavy (non-hydrogen) atoms. The van der Waals surface area contributed by atoms with E-state index in [9.17, 15) is 182 Å². The molecule has 0 aromatic heterocycles. The third-order valence-corrected chi connectivity index (χ3v) is 25.5. The van der Waals surface area contributed by atoms with Gasteiger partial charge in [0.1, 0.15) is 268 Å². The molecule has 11 heterocycles. The predicted molar refractivity (Wildman–Crippen MR) is 433 cm³/mol. The van der Waals surface area contributed by atoms with Gasteiger partial charge in [-0.3, -0.25) is 24.0 Å². The minimum absolute atomic E-state index is 0.230. The first kappa shape index (κ1) is 117. The Bertz CT molecular complexity index is 3840. The van der Waals surface area contributed by atoms with Gasteiger partial charge >= 0.3 is 0 Å². The van der Waals surface area contributed by atoms with Crippen LogP contribution >= 0.6 is 0 Å². The van der Waals surface area contributed by atoms with E-state index in [4.69, 9.17) is 104 Å². The summed E-state index contributed by atoms with van der Waals surface area (Å²) in [5, 5.41) is 359. The van der Waals surface area contributed by atoms with E-state index in [1.54, 1.807) is 0 Å². The number of carbonyl (C=O) groups is 5. The third kappa shape index (κ3) is 26.3. The van der Waals surface area contributed by atoms with Crippen LogP contribution in [0.3, 0.4) is 0 Å². The topological polar surface area (TPSA) is 976 Å². The second-order valence-electron chi connectivity index (χ2n) is 35.3. The van der Waals surface area contributed by atoms with Gasteiger partial charge in [-0.2, -0.15) is 0 Å². The third-order valence-electron chi connectivity index (χ3n) is 25.5. The van der Waals surface area contributed by atoms with Gasteiger partial charge < -0.3 is 289 Å². The van der Waals surface area contributed by atoms with Crippen LogP contribution in [0.1, 0.15) is 27.7 Å². The molecule has 0 unspecified atom stereocenters. The maximum atomic E-state index is 13.4. The van der Waals surface area contributed by atoms with Crippen LogP contribution < -0.4 is 26.6 Å². The summed E-state index contributed by atoms with van der Waals surface area (Å²) in [6.07, 6.45) is -107. The first-order chi connectivity index (χ1) is 66.9. The highest BCUT2D eigenvalue weighted by Crippen LogP contribution is 2.42. The summed E-state index contributed by atoms with van der Waals surface area (Å²) in [7, 11) is 0. The molecule has 0 aromatic carbocycles. The van der Waals surface area contributed by atoms with Crippen LogP contribution in [0.2, 0.25) is 0 Å². The van der Waals surface area contributed by atoms with E-state index in [2.05, 4.69) is 26.6 Å². The van der Waals surface area contributed by atoms with Crippen molar-refractivity contribution in [2.45, 2.75) is 371 Å². The van der Waals surface area contributed by atoms with Crippen LogP contribution in [0.25, 0.3) is 0 Å². The normalized spacial score (nSPS) is 48.1. The molecular weight excluding hydrogens is 1930 g/mol. The van der Waals surface area contributed by atoms with E-state index in [0.717, 1.165) is 27.7 Å². The summed E-state index contributed by atoms with van der Waals surface area (Å²) < 4.78 is 130. The molecule has 0 aliphatic carbocycles. The Balaban J connectivity index is 0.874. The van der Waals surface area contributed by atoms with Crippen molar-refractivity contribution in [3.8, 4) is 0 Å². The molecule has 11 rings (SSSR count). The van der Waals surface area contributed by atoms with Crippen molar-refractivity contribution in [2.75, 3.05) is 85.9 Å². The van der Waals surface area contributed by atoms with Crippen LogP contribution in [0.4, 0.5) is 0 Å². The quantitative estimate of drug-likeness (QED) is 0.0253. The summed E-state index contributed by atoms with van der Waals surface area (Å²) in [5.41, 5.74) is 0. The van der Waals surface area contributed by atoms with Crippen molar-refractivity contribution in [2.24, 2.45) is 0 Å². The zero-order valence-electron chi connectivity index (χ0n) is 75.5. The lowest BCUT2D eigenvalue weighted by Crippen LogP contribution is -2.71. The second kappa shape index (κ2) is 52.1. The van der Waals surface area contributed by atoms with Crippen LogP contribution in [0, 0.1) is 0 Å². The zero-order chi connectivity index (χ0) is 104. The fraction of sp³-hybridized carbons (Fsp3) is 0.936. The number of aliphatic hydroxyl groups is 31. The number of aliphatic hydroxyl groups excluding tert-OH is 31. The first-order valence-electron chi connectivity index (χ1n) is 44.9. The lowest BCUT2D eigenvalue weighted by Gasteiger charge is -2.51. The van der Waals surface area contributed by atoms with Gasteiger partial charge in [-0.1, -0.05) is 0 Å². The Kier molecular flexibility index (Phi) is 43.1. The summed E-state index contributed by atoms with van der Waals surface area (Å²) >= 11 is 0. The second-order valence-corrected chi connectivity index (χ2v) is 35.3. The van der Waals surface area contributed by atoms with Gasteiger partial charge in [-0.25, -0.2) is 0 Å². The van der Waals surface area contributed by atoms with E-state index in [1.807, 2.05) is 0 Å². The monoisotopic (exact) mass is 2070 g/mol. The van der Waals surface area contributed by atoms with Gasteiger partial charge in [0.25, 0.3) is 0 Å². The Morgan fingerprint density at radius 1 is 0.234 bits per heavy atom. The van der Waals surface area contributed by atoms with Gasteiger partial charge in [0.15, 0.2) is 69.2 Å². The highest BCUT2D eigenvalue weighted by atomic mass is 16.8. The summed E-state index contributed by atoms with van der Waals surface area (Å²) in [4.78, 5) is 63.8. The zero-order valence-corrected chi connectivity index (χ0v) is 75.5. The summed E-state index contributed by atoms with van der Waals surface area (Å²) in [6, 6.07) is -9.15. The molecule has 56 atom stereocenters. The molecule has 5 amide bonds. The van der Waals surface area contributed by atoms with Crippen LogP contribution in [-0.4, -0.2) is 618 Å². The Hall–Kier alpha value is -4.77. The average molecular weight is 2070 g/mol. The number of rotatable bonds is 41. The molecule has 0 bridgehead atoms. The number of ether oxygens (including phenoxy) is 22. The molecule has 36 N–H and O–H groups in total. The Morgan fingerprint density at radius 3 is 0.716 bits per heavy atom. The number of nitrogens with one attached hydrogen (secondary N) is 5. The molecule has 63 nitrogen and oxygen atoms in total. The van der Waals surface area contributed by atoms with Gasteiger partial charge in [-0.05, 0) is 0 Å². The number of amides is 5. The van der Waals surface area contributed by atoms with Crippen molar-refractivity contribution in [1.82, 2.24) is 26.6 Å². The van der Waals surface area contributed by atoms with Crippen LogP contribution in [-0.2, 0) is 128 Å². The maximum absolute atomic E-state index is 13.4. The highest BCUT2D eigenvalue weighted by molar-refractivity contribution is 5.74. The fourth-order valence-corrected chi connectivity index (χ4v) is 18.0. The minimum atomic E-state index is -2.63. The molecule has 0 radical (unpaired) electrons. The smallest absolute Gasteiger partial charge is 0.217 e. The lowest BCUT2D eigenvalue weighted by atomic mass is 9.93. The van der Waals surface area contributed by atoms with Crippen LogP contribution in [0.15, 0.2) is 0 Å². The molecule has 63 heteroatoms. The largest absolute Gasteiger partial charge is 0.394 e. The molecule has 11 fully saturated rings. The van der Waals surface area contributed by atoms with Crippen LogP contribution in [0.5, 0.6) is 0 Å². The van der Waals surface area contributed by atoms with Gasteiger partial charge in [0.2, 0.25) is 30.0 Å². The van der Waals surface area contributed by atoms with E-state index in [0.29, 0.717) is 0 Å². The van der Waals surface area contributed by atoms with Gasteiger partial charge in [-0.15, -0.1) is 0 Å².